The standard InChI is InChI=1S/C20H24O11/c1-4-28-12(22)8-10(18(25)29-5-2)14-13-9(7-11(21)15(23)16(13)24)19(26)31-17(14)20(27)30-6-3/h7,10,14,17,21,23-24H,4-6,8H2,1-3H3. The minimum atomic E-state index is -1.74. The molecule has 3 unspecified atom stereocenters. The van der Waals surface area contributed by atoms with Gasteiger partial charge in [-0.3, -0.25) is 9.59 Å². The highest BCUT2D eigenvalue weighted by molar-refractivity contribution is 5.98. The number of benzene rings is 1. The quantitative estimate of drug-likeness (QED) is 0.301. The van der Waals surface area contributed by atoms with Crippen LogP contribution in [0, 0.1) is 5.92 Å². The fourth-order valence-electron chi connectivity index (χ4n) is 3.41. The zero-order chi connectivity index (χ0) is 23.3. The number of esters is 4. The maximum Gasteiger partial charge on any atom is 0.348 e. The Morgan fingerprint density at radius 2 is 1.61 bits per heavy atom. The van der Waals surface area contributed by atoms with E-state index in [2.05, 4.69) is 0 Å². The van der Waals surface area contributed by atoms with Gasteiger partial charge in [-0.2, -0.15) is 0 Å². The lowest BCUT2D eigenvalue weighted by atomic mass is 9.76. The summed E-state index contributed by atoms with van der Waals surface area (Å²) < 4.78 is 20.0. The highest BCUT2D eigenvalue weighted by Crippen LogP contribution is 2.49. The number of fused-ring (bicyclic) bond motifs is 1. The van der Waals surface area contributed by atoms with Crippen molar-refractivity contribution in [3.63, 3.8) is 0 Å². The number of phenolic OH excluding ortho intramolecular Hbond substituents is 3. The number of hydrogen-bond acceptors (Lipinski definition) is 11. The number of carbonyl (C=O) groups is 4. The molecule has 0 saturated carbocycles. The summed E-state index contributed by atoms with van der Waals surface area (Å²) in [6.07, 6.45) is -2.32. The van der Waals surface area contributed by atoms with Gasteiger partial charge in [0, 0.05) is 5.56 Å². The van der Waals surface area contributed by atoms with Crippen LogP contribution < -0.4 is 0 Å². The van der Waals surface area contributed by atoms with Gasteiger partial charge in [0.2, 0.25) is 11.9 Å². The van der Waals surface area contributed by atoms with E-state index in [0.717, 1.165) is 6.07 Å². The van der Waals surface area contributed by atoms with Crippen molar-refractivity contribution in [2.45, 2.75) is 39.2 Å². The summed E-state index contributed by atoms with van der Waals surface area (Å²) in [5.74, 6) is -9.51. The first-order chi connectivity index (χ1) is 14.7. The van der Waals surface area contributed by atoms with Crippen LogP contribution in [0.1, 0.15) is 49.0 Å². The molecule has 1 aliphatic rings. The molecule has 0 radical (unpaired) electrons. The second-order valence-corrected chi connectivity index (χ2v) is 6.53. The highest BCUT2D eigenvalue weighted by atomic mass is 16.6. The van der Waals surface area contributed by atoms with Crippen molar-refractivity contribution in [2.75, 3.05) is 19.8 Å². The summed E-state index contributed by atoms with van der Waals surface area (Å²) in [6.45, 7) is 4.47. The molecule has 0 fully saturated rings. The van der Waals surface area contributed by atoms with Crippen molar-refractivity contribution in [3.8, 4) is 17.2 Å². The summed E-state index contributed by atoms with van der Waals surface area (Å²) in [7, 11) is 0. The predicted molar refractivity (Wildman–Crippen MR) is 101 cm³/mol. The molecule has 0 amide bonds. The third kappa shape index (κ3) is 4.81. The van der Waals surface area contributed by atoms with Crippen LogP contribution in [0.5, 0.6) is 17.2 Å². The fraction of sp³-hybridized carbons (Fsp3) is 0.500. The average Bonchev–Trinajstić information content (AvgIpc) is 2.71. The molecule has 11 heteroatoms. The second-order valence-electron chi connectivity index (χ2n) is 6.53. The fourth-order valence-corrected chi connectivity index (χ4v) is 3.41. The van der Waals surface area contributed by atoms with E-state index < -0.39 is 71.0 Å². The SMILES string of the molecule is CCOC(=O)CC(C(=O)OCC)C1c2c(cc(O)c(O)c2O)C(=O)OC1C(=O)OCC. The normalized spacial score (nSPS) is 18.4. The highest BCUT2D eigenvalue weighted by Gasteiger charge is 2.50. The molecule has 0 bridgehead atoms. The summed E-state index contributed by atoms with van der Waals surface area (Å²) >= 11 is 0. The van der Waals surface area contributed by atoms with Crippen molar-refractivity contribution in [3.05, 3.63) is 17.2 Å². The molecule has 0 saturated heterocycles. The van der Waals surface area contributed by atoms with Crippen molar-refractivity contribution in [1.29, 1.82) is 0 Å². The van der Waals surface area contributed by atoms with Gasteiger partial charge < -0.3 is 34.3 Å². The number of rotatable bonds is 8. The lowest BCUT2D eigenvalue weighted by molar-refractivity contribution is -0.163. The molecule has 0 aromatic heterocycles. The van der Waals surface area contributed by atoms with Crippen molar-refractivity contribution in [2.24, 2.45) is 5.92 Å². The van der Waals surface area contributed by atoms with Gasteiger partial charge in [0.05, 0.1) is 43.6 Å². The molecular weight excluding hydrogens is 416 g/mol. The largest absolute Gasteiger partial charge is 0.504 e. The molecule has 170 valence electrons. The topological polar surface area (TPSA) is 166 Å². The average molecular weight is 440 g/mol. The maximum absolute atomic E-state index is 12.7. The van der Waals surface area contributed by atoms with Crippen LogP contribution in [0.2, 0.25) is 0 Å². The zero-order valence-corrected chi connectivity index (χ0v) is 17.2. The Kier molecular flexibility index (Phi) is 7.67. The molecule has 0 aliphatic carbocycles. The van der Waals surface area contributed by atoms with E-state index in [-0.39, 0.29) is 25.4 Å². The van der Waals surface area contributed by atoms with Crippen LogP contribution in [0.4, 0.5) is 0 Å². The van der Waals surface area contributed by atoms with Crippen LogP contribution >= 0.6 is 0 Å². The summed E-state index contributed by atoms with van der Waals surface area (Å²) in [5, 5.41) is 30.3. The van der Waals surface area contributed by atoms with Gasteiger partial charge in [0.1, 0.15) is 0 Å². The van der Waals surface area contributed by atoms with Crippen LogP contribution in [-0.2, 0) is 33.3 Å². The Bertz CT molecular complexity index is 876. The van der Waals surface area contributed by atoms with Crippen molar-refractivity contribution >= 4 is 23.9 Å². The second kappa shape index (κ2) is 10.0. The van der Waals surface area contributed by atoms with E-state index in [0.29, 0.717) is 0 Å². The molecule has 31 heavy (non-hydrogen) atoms. The summed E-state index contributed by atoms with van der Waals surface area (Å²) in [5.41, 5.74) is -0.747. The third-order valence-electron chi connectivity index (χ3n) is 4.64. The van der Waals surface area contributed by atoms with Crippen LogP contribution in [0.25, 0.3) is 0 Å². The first kappa shape index (κ1) is 23.8. The molecule has 1 heterocycles. The monoisotopic (exact) mass is 440 g/mol. The summed E-state index contributed by atoms with van der Waals surface area (Å²) in [6, 6.07) is 0.827. The van der Waals surface area contributed by atoms with E-state index >= 15 is 0 Å². The molecule has 1 aromatic carbocycles. The number of ether oxygens (including phenoxy) is 4. The lowest BCUT2D eigenvalue weighted by Crippen LogP contribution is -2.45. The minimum absolute atomic E-state index is 0.0197. The van der Waals surface area contributed by atoms with Crippen LogP contribution in [0.15, 0.2) is 6.07 Å². The van der Waals surface area contributed by atoms with Gasteiger partial charge in [-0.05, 0) is 26.8 Å². The molecule has 3 N–H and O–H groups in total. The van der Waals surface area contributed by atoms with E-state index in [4.69, 9.17) is 18.9 Å². The molecule has 2 rings (SSSR count). The predicted octanol–water partition coefficient (Wildman–Crippen LogP) is 1.12. The molecule has 11 nitrogen and oxygen atoms in total. The Hall–Kier alpha value is -3.50. The van der Waals surface area contributed by atoms with Crippen LogP contribution in [0.3, 0.4) is 0 Å². The van der Waals surface area contributed by atoms with Gasteiger partial charge in [0.15, 0.2) is 11.5 Å². The molecular formula is C20H24O11. The van der Waals surface area contributed by atoms with Crippen molar-refractivity contribution < 1.29 is 53.4 Å². The van der Waals surface area contributed by atoms with E-state index in [9.17, 15) is 34.5 Å². The number of hydrogen-bond donors (Lipinski definition) is 3. The zero-order valence-electron chi connectivity index (χ0n) is 17.2. The van der Waals surface area contributed by atoms with Crippen LogP contribution in [-0.4, -0.2) is 65.1 Å². The Balaban J connectivity index is 2.72. The van der Waals surface area contributed by atoms with Gasteiger partial charge >= 0.3 is 23.9 Å². The van der Waals surface area contributed by atoms with Gasteiger partial charge in [-0.25, -0.2) is 9.59 Å². The molecule has 3 atom stereocenters. The lowest BCUT2D eigenvalue weighted by Gasteiger charge is -2.35. The van der Waals surface area contributed by atoms with E-state index in [1.807, 2.05) is 0 Å². The Morgan fingerprint density at radius 1 is 1.00 bits per heavy atom. The summed E-state index contributed by atoms with van der Waals surface area (Å²) in [4.78, 5) is 50.0. The Labute approximate surface area is 177 Å². The Morgan fingerprint density at radius 3 is 2.19 bits per heavy atom. The first-order valence-corrected chi connectivity index (χ1v) is 9.65. The number of phenols is 3. The first-order valence-electron chi connectivity index (χ1n) is 9.65. The van der Waals surface area contributed by atoms with Gasteiger partial charge in [0.25, 0.3) is 0 Å². The maximum atomic E-state index is 12.7. The smallest absolute Gasteiger partial charge is 0.348 e. The van der Waals surface area contributed by atoms with Crippen molar-refractivity contribution in [1.82, 2.24) is 0 Å². The molecule has 1 aromatic rings. The van der Waals surface area contributed by atoms with E-state index in [1.54, 1.807) is 6.92 Å². The number of aromatic hydroxyl groups is 3. The number of carbonyl (C=O) groups excluding carboxylic acids is 4. The molecule has 1 aliphatic heterocycles. The number of cyclic esters (lactones) is 1. The minimum Gasteiger partial charge on any atom is -0.504 e. The van der Waals surface area contributed by atoms with E-state index in [1.165, 1.54) is 13.8 Å². The molecule has 0 spiro atoms. The van der Waals surface area contributed by atoms with Gasteiger partial charge in [-0.1, -0.05) is 0 Å². The van der Waals surface area contributed by atoms with Gasteiger partial charge in [-0.15, -0.1) is 0 Å². The third-order valence-corrected chi connectivity index (χ3v) is 4.64.